The first-order valence-corrected chi connectivity index (χ1v) is 6.58. The first-order chi connectivity index (χ1) is 10.5. The minimum atomic E-state index is -0.367. The van der Waals surface area contributed by atoms with E-state index in [1.165, 1.54) is 26.4 Å². The molecular weight excluding hydrogens is 282 g/mol. The molecule has 2 rings (SSSR count). The number of carbonyl (C=O) groups is 1. The smallest absolute Gasteiger partial charge is 0.193 e. The number of carbonyl (C=O) groups excluding carboxylic acids is 1. The Morgan fingerprint density at radius 3 is 2.41 bits per heavy atom. The summed E-state index contributed by atoms with van der Waals surface area (Å²) in [6.45, 7) is 0. The monoisotopic (exact) mass is 299 g/mol. The maximum Gasteiger partial charge on any atom is 0.193 e. The van der Waals surface area contributed by atoms with Crippen molar-refractivity contribution in [2.75, 3.05) is 20.0 Å². The van der Waals surface area contributed by atoms with Crippen molar-refractivity contribution >= 4 is 17.5 Å². The second-order valence-corrected chi connectivity index (χ2v) is 4.59. The van der Waals surface area contributed by atoms with Crippen molar-refractivity contribution in [1.29, 1.82) is 0 Å². The Kier molecular flexibility index (Phi) is 4.68. The van der Waals surface area contributed by atoms with Gasteiger partial charge in [0.2, 0.25) is 0 Å². The van der Waals surface area contributed by atoms with Gasteiger partial charge in [-0.2, -0.15) is 0 Å². The van der Waals surface area contributed by atoms with E-state index in [1.807, 2.05) is 0 Å². The van der Waals surface area contributed by atoms with E-state index in [2.05, 4.69) is 0 Å². The minimum Gasteiger partial charge on any atom is -0.507 e. The van der Waals surface area contributed by atoms with Gasteiger partial charge in [0.1, 0.15) is 22.8 Å². The molecule has 0 radical (unpaired) electrons. The molecule has 114 valence electrons. The molecule has 0 bridgehead atoms. The molecule has 5 nitrogen and oxygen atoms in total. The fourth-order valence-electron chi connectivity index (χ4n) is 1.97. The van der Waals surface area contributed by atoms with E-state index in [0.29, 0.717) is 11.4 Å². The number of phenolic OH excluding ortho intramolecular Hbond substituents is 1. The van der Waals surface area contributed by atoms with Crippen molar-refractivity contribution in [3.63, 3.8) is 0 Å². The van der Waals surface area contributed by atoms with Crippen LogP contribution in [0.15, 0.2) is 42.5 Å². The summed E-state index contributed by atoms with van der Waals surface area (Å²) in [5.41, 5.74) is 7.18. The van der Waals surface area contributed by atoms with E-state index in [-0.39, 0.29) is 22.8 Å². The number of ether oxygens (including phenoxy) is 2. The summed E-state index contributed by atoms with van der Waals surface area (Å²) >= 11 is 0. The number of nitrogen functional groups attached to an aromatic ring is 1. The Bertz CT molecular complexity index is 705. The quantitative estimate of drug-likeness (QED) is 0.504. The molecule has 0 fully saturated rings. The lowest BCUT2D eigenvalue weighted by Gasteiger charge is -2.10. The Hall–Kier alpha value is -2.95. The second-order valence-electron chi connectivity index (χ2n) is 4.59. The average Bonchev–Trinajstić information content (AvgIpc) is 2.53. The first kappa shape index (κ1) is 15.4. The van der Waals surface area contributed by atoms with Crippen LogP contribution in [0.4, 0.5) is 5.69 Å². The Morgan fingerprint density at radius 1 is 1.14 bits per heavy atom. The van der Waals surface area contributed by atoms with Crippen LogP contribution in [0, 0.1) is 0 Å². The Balaban J connectivity index is 2.31. The molecule has 0 atom stereocenters. The van der Waals surface area contributed by atoms with Gasteiger partial charge in [-0.25, -0.2) is 0 Å². The van der Waals surface area contributed by atoms with Crippen LogP contribution >= 0.6 is 0 Å². The standard InChI is InChI=1S/C17H17NO4/c1-21-13-9-15(20)17(16(10-13)22-2)14(19)8-5-11-3-6-12(18)7-4-11/h3-10,20H,18H2,1-2H3/b8-5+. The van der Waals surface area contributed by atoms with Crippen LogP contribution in [-0.2, 0) is 0 Å². The van der Waals surface area contributed by atoms with Crippen LogP contribution in [0.25, 0.3) is 6.08 Å². The third-order valence-corrected chi connectivity index (χ3v) is 3.12. The summed E-state index contributed by atoms with van der Waals surface area (Å²) in [6.07, 6.45) is 3.01. The number of ketones is 1. The molecule has 0 aliphatic rings. The topological polar surface area (TPSA) is 81.8 Å². The molecule has 2 aromatic carbocycles. The normalized spacial score (nSPS) is 10.6. The number of methoxy groups -OCH3 is 2. The molecule has 3 N–H and O–H groups in total. The molecular formula is C17H17NO4. The highest BCUT2D eigenvalue weighted by Crippen LogP contribution is 2.33. The maximum absolute atomic E-state index is 12.3. The summed E-state index contributed by atoms with van der Waals surface area (Å²) in [5.74, 6) is 0.106. The number of nitrogens with two attached hydrogens (primary N) is 1. The Morgan fingerprint density at radius 2 is 1.82 bits per heavy atom. The van der Waals surface area contributed by atoms with E-state index >= 15 is 0 Å². The molecule has 2 aromatic rings. The number of anilines is 1. The van der Waals surface area contributed by atoms with Gasteiger partial charge in [-0.05, 0) is 23.8 Å². The zero-order chi connectivity index (χ0) is 16.1. The van der Waals surface area contributed by atoms with Crippen molar-refractivity contribution in [2.45, 2.75) is 0 Å². The predicted molar refractivity (Wildman–Crippen MR) is 85.4 cm³/mol. The fraction of sp³-hybridized carbons (Fsp3) is 0.118. The molecule has 0 saturated carbocycles. The summed E-state index contributed by atoms with van der Waals surface area (Å²) < 4.78 is 10.2. The second kappa shape index (κ2) is 6.67. The lowest BCUT2D eigenvalue weighted by atomic mass is 10.1. The number of benzene rings is 2. The van der Waals surface area contributed by atoms with Gasteiger partial charge < -0.3 is 20.3 Å². The molecule has 22 heavy (non-hydrogen) atoms. The number of aromatic hydroxyl groups is 1. The van der Waals surface area contributed by atoms with Gasteiger partial charge in [-0.3, -0.25) is 4.79 Å². The number of hydrogen-bond acceptors (Lipinski definition) is 5. The third-order valence-electron chi connectivity index (χ3n) is 3.12. The van der Waals surface area contributed by atoms with Gasteiger partial charge in [-0.15, -0.1) is 0 Å². The molecule has 0 saturated heterocycles. The van der Waals surface area contributed by atoms with Gasteiger partial charge in [0.25, 0.3) is 0 Å². The summed E-state index contributed by atoms with van der Waals surface area (Å²) in [7, 11) is 2.89. The molecule has 0 heterocycles. The van der Waals surface area contributed by atoms with Crippen LogP contribution in [-0.4, -0.2) is 25.1 Å². The van der Waals surface area contributed by atoms with Crippen molar-refractivity contribution < 1.29 is 19.4 Å². The Labute approximate surface area is 128 Å². The van der Waals surface area contributed by atoms with E-state index in [4.69, 9.17) is 15.2 Å². The lowest BCUT2D eigenvalue weighted by molar-refractivity contribution is 0.104. The van der Waals surface area contributed by atoms with E-state index in [9.17, 15) is 9.90 Å². The van der Waals surface area contributed by atoms with Gasteiger partial charge in [0.15, 0.2) is 5.78 Å². The van der Waals surface area contributed by atoms with Gasteiger partial charge in [-0.1, -0.05) is 18.2 Å². The van der Waals surface area contributed by atoms with Crippen molar-refractivity contribution in [3.8, 4) is 17.2 Å². The van der Waals surface area contributed by atoms with Gasteiger partial charge in [0, 0.05) is 17.8 Å². The highest BCUT2D eigenvalue weighted by Gasteiger charge is 2.17. The lowest BCUT2D eigenvalue weighted by Crippen LogP contribution is -2.00. The maximum atomic E-state index is 12.3. The molecule has 5 heteroatoms. The van der Waals surface area contributed by atoms with E-state index in [1.54, 1.807) is 36.4 Å². The molecule has 0 aliphatic heterocycles. The molecule has 0 aliphatic carbocycles. The highest BCUT2D eigenvalue weighted by atomic mass is 16.5. The van der Waals surface area contributed by atoms with Crippen LogP contribution in [0.1, 0.15) is 15.9 Å². The first-order valence-electron chi connectivity index (χ1n) is 6.58. The van der Waals surface area contributed by atoms with Crippen LogP contribution in [0.3, 0.4) is 0 Å². The number of hydrogen-bond donors (Lipinski definition) is 2. The molecule has 0 spiro atoms. The summed E-state index contributed by atoms with van der Waals surface area (Å²) in [4.78, 5) is 12.3. The number of phenols is 1. The fourth-order valence-corrected chi connectivity index (χ4v) is 1.97. The van der Waals surface area contributed by atoms with Crippen molar-refractivity contribution in [1.82, 2.24) is 0 Å². The molecule has 0 amide bonds. The molecule has 0 unspecified atom stereocenters. The van der Waals surface area contributed by atoms with Crippen LogP contribution in [0.2, 0.25) is 0 Å². The summed E-state index contributed by atoms with van der Waals surface area (Å²) in [6, 6.07) is 10.00. The number of rotatable bonds is 5. The van der Waals surface area contributed by atoms with Gasteiger partial charge in [0.05, 0.1) is 14.2 Å². The largest absolute Gasteiger partial charge is 0.507 e. The third kappa shape index (κ3) is 3.38. The zero-order valence-electron chi connectivity index (χ0n) is 12.4. The number of allylic oxidation sites excluding steroid dienone is 1. The summed E-state index contributed by atoms with van der Waals surface area (Å²) in [5, 5.41) is 10.0. The van der Waals surface area contributed by atoms with Gasteiger partial charge >= 0.3 is 0 Å². The van der Waals surface area contributed by atoms with Crippen molar-refractivity contribution in [3.05, 3.63) is 53.6 Å². The van der Waals surface area contributed by atoms with Crippen LogP contribution < -0.4 is 15.2 Å². The van der Waals surface area contributed by atoms with Crippen LogP contribution in [0.5, 0.6) is 17.2 Å². The van der Waals surface area contributed by atoms with E-state index in [0.717, 1.165) is 5.56 Å². The minimum absolute atomic E-state index is 0.0926. The van der Waals surface area contributed by atoms with Crippen molar-refractivity contribution in [2.24, 2.45) is 0 Å². The SMILES string of the molecule is COc1cc(O)c(C(=O)/C=C/c2ccc(N)cc2)c(OC)c1. The zero-order valence-corrected chi connectivity index (χ0v) is 12.4. The highest BCUT2D eigenvalue weighted by molar-refractivity contribution is 6.10. The molecule has 0 aromatic heterocycles. The van der Waals surface area contributed by atoms with E-state index < -0.39 is 0 Å². The predicted octanol–water partition coefficient (Wildman–Crippen LogP) is 2.89. The average molecular weight is 299 g/mol.